The molecule has 1 rings (SSSR count). The smallest absolute Gasteiger partial charge is 0.339 e. The minimum absolute atomic E-state index is 0.144. The summed E-state index contributed by atoms with van der Waals surface area (Å²) in [5, 5.41) is 12.6. The lowest BCUT2D eigenvalue weighted by Crippen LogP contribution is -2.18. The molecular formula is C12H16ClNO2S. The Morgan fingerprint density at radius 2 is 2.29 bits per heavy atom. The van der Waals surface area contributed by atoms with Crippen molar-refractivity contribution in [2.75, 3.05) is 17.3 Å². The van der Waals surface area contributed by atoms with Gasteiger partial charge in [0.1, 0.15) is 5.56 Å². The second kappa shape index (κ2) is 6.77. The van der Waals surface area contributed by atoms with Crippen molar-refractivity contribution in [3.05, 3.63) is 28.8 Å². The van der Waals surface area contributed by atoms with E-state index >= 15 is 0 Å². The van der Waals surface area contributed by atoms with Crippen molar-refractivity contribution in [1.82, 2.24) is 0 Å². The highest BCUT2D eigenvalue weighted by Crippen LogP contribution is 2.25. The molecule has 1 unspecified atom stereocenters. The number of anilines is 1. The topological polar surface area (TPSA) is 49.3 Å². The molecule has 0 fully saturated rings. The van der Waals surface area contributed by atoms with E-state index in [1.807, 2.05) is 6.92 Å². The van der Waals surface area contributed by atoms with Crippen LogP contribution >= 0.6 is 23.4 Å². The summed E-state index contributed by atoms with van der Waals surface area (Å²) < 4.78 is 0. The van der Waals surface area contributed by atoms with Crippen LogP contribution in [0.15, 0.2) is 18.2 Å². The van der Waals surface area contributed by atoms with Crippen molar-refractivity contribution in [3.8, 4) is 0 Å². The van der Waals surface area contributed by atoms with Gasteiger partial charge in [-0.15, -0.1) is 0 Å². The first-order chi connectivity index (χ1) is 8.06. The molecule has 0 bridgehead atoms. The van der Waals surface area contributed by atoms with Gasteiger partial charge in [-0.3, -0.25) is 0 Å². The molecule has 0 amide bonds. The van der Waals surface area contributed by atoms with E-state index in [2.05, 4.69) is 11.6 Å². The average Bonchev–Trinajstić information content (AvgIpc) is 2.25. The molecule has 0 radical (unpaired) electrons. The molecule has 0 saturated carbocycles. The number of benzene rings is 1. The number of nitrogens with one attached hydrogen (secondary N) is 1. The van der Waals surface area contributed by atoms with Gasteiger partial charge in [-0.1, -0.05) is 17.7 Å². The number of carboxylic acid groups (broad SMARTS) is 1. The van der Waals surface area contributed by atoms with Crippen LogP contribution in [0, 0.1) is 0 Å². The number of carboxylic acids is 1. The van der Waals surface area contributed by atoms with Crippen LogP contribution in [0.25, 0.3) is 0 Å². The van der Waals surface area contributed by atoms with Crippen LogP contribution in [-0.4, -0.2) is 29.1 Å². The highest BCUT2D eigenvalue weighted by atomic mass is 35.5. The summed E-state index contributed by atoms with van der Waals surface area (Å²) in [5.41, 5.74) is 0.726. The number of hydrogen-bond donors (Lipinski definition) is 2. The van der Waals surface area contributed by atoms with E-state index in [1.165, 1.54) is 0 Å². The van der Waals surface area contributed by atoms with Crippen LogP contribution in [0.5, 0.6) is 0 Å². The molecule has 2 N–H and O–H groups in total. The Morgan fingerprint density at radius 3 is 2.88 bits per heavy atom. The zero-order valence-corrected chi connectivity index (χ0v) is 11.4. The van der Waals surface area contributed by atoms with Gasteiger partial charge in [0.15, 0.2) is 0 Å². The highest BCUT2D eigenvalue weighted by Gasteiger charge is 2.15. The molecule has 1 aromatic carbocycles. The van der Waals surface area contributed by atoms with E-state index < -0.39 is 5.97 Å². The van der Waals surface area contributed by atoms with Gasteiger partial charge >= 0.3 is 5.97 Å². The molecule has 17 heavy (non-hydrogen) atoms. The number of hydrogen-bond acceptors (Lipinski definition) is 3. The Morgan fingerprint density at radius 1 is 1.59 bits per heavy atom. The Bertz CT molecular complexity index is 398. The summed E-state index contributed by atoms with van der Waals surface area (Å²) in [5.74, 6) is 0.0344. The van der Waals surface area contributed by atoms with Gasteiger partial charge in [0.2, 0.25) is 0 Å². The van der Waals surface area contributed by atoms with Gasteiger partial charge in [-0.2, -0.15) is 11.8 Å². The molecule has 94 valence electrons. The van der Waals surface area contributed by atoms with E-state index in [1.54, 1.807) is 30.0 Å². The zero-order valence-electron chi connectivity index (χ0n) is 9.87. The van der Waals surface area contributed by atoms with Crippen molar-refractivity contribution in [1.29, 1.82) is 0 Å². The van der Waals surface area contributed by atoms with Crippen molar-refractivity contribution in [2.45, 2.75) is 19.4 Å². The zero-order chi connectivity index (χ0) is 12.8. The number of aromatic carboxylic acids is 1. The van der Waals surface area contributed by atoms with E-state index in [-0.39, 0.29) is 16.6 Å². The summed E-state index contributed by atoms with van der Waals surface area (Å²) in [6.45, 7) is 2.03. The molecule has 1 aromatic rings. The molecule has 0 aliphatic rings. The fourth-order valence-electron chi connectivity index (χ4n) is 1.49. The minimum Gasteiger partial charge on any atom is -0.478 e. The van der Waals surface area contributed by atoms with Crippen LogP contribution in [0.4, 0.5) is 5.69 Å². The van der Waals surface area contributed by atoms with Crippen LogP contribution in [0.2, 0.25) is 5.02 Å². The van der Waals surface area contributed by atoms with Crippen molar-refractivity contribution >= 4 is 35.0 Å². The molecule has 5 heteroatoms. The lowest BCUT2D eigenvalue weighted by molar-refractivity contribution is 0.0698. The fourth-order valence-corrected chi connectivity index (χ4v) is 2.34. The first kappa shape index (κ1) is 14.2. The van der Waals surface area contributed by atoms with E-state index in [0.717, 1.165) is 12.2 Å². The first-order valence-electron chi connectivity index (χ1n) is 5.33. The summed E-state index contributed by atoms with van der Waals surface area (Å²) in [6.07, 6.45) is 3.03. The minimum atomic E-state index is -1.00. The number of thioether (sulfide) groups is 1. The van der Waals surface area contributed by atoms with E-state index in [9.17, 15) is 4.79 Å². The maximum Gasteiger partial charge on any atom is 0.339 e. The summed E-state index contributed by atoms with van der Waals surface area (Å²) in [6, 6.07) is 5.30. The van der Waals surface area contributed by atoms with Gasteiger partial charge in [0.05, 0.1) is 10.7 Å². The molecule has 0 aromatic heterocycles. The highest BCUT2D eigenvalue weighted by molar-refractivity contribution is 7.98. The molecule has 0 aliphatic heterocycles. The van der Waals surface area contributed by atoms with Crippen LogP contribution < -0.4 is 5.32 Å². The van der Waals surface area contributed by atoms with Crippen molar-refractivity contribution < 1.29 is 9.90 Å². The molecule has 0 spiro atoms. The molecule has 0 aliphatic carbocycles. The summed E-state index contributed by atoms with van der Waals surface area (Å²) in [4.78, 5) is 11.1. The van der Waals surface area contributed by atoms with E-state index in [4.69, 9.17) is 16.7 Å². The lowest BCUT2D eigenvalue weighted by Gasteiger charge is -2.17. The Labute approximate surface area is 111 Å². The standard InChI is InChI=1S/C12H16ClNO2S/c1-8(6-7-17-2)14-10-5-3-4-9(13)11(10)12(15)16/h3-5,8,14H,6-7H2,1-2H3,(H,15,16). The van der Waals surface area contributed by atoms with Crippen LogP contribution in [0.3, 0.4) is 0 Å². The molecule has 0 saturated heterocycles. The molecule has 0 heterocycles. The predicted molar refractivity (Wildman–Crippen MR) is 74.5 cm³/mol. The van der Waals surface area contributed by atoms with Crippen molar-refractivity contribution in [3.63, 3.8) is 0 Å². The third-order valence-electron chi connectivity index (χ3n) is 2.38. The Kier molecular flexibility index (Phi) is 5.65. The lowest BCUT2D eigenvalue weighted by atomic mass is 10.1. The predicted octanol–water partition coefficient (Wildman–Crippen LogP) is 3.59. The molecular weight excluding hydrogens is 258 g/mol. The van der Waals surface area contributed by atoms with Crippen LogP contribution in [0.1, 0.15) is 23.7 Å². The van der Waals surface area contributed by atoms with Gasteiger partial charge in [-0.05, 0) is 37.5 Å². The largest absolute Gasteiger partial charge is 0.478 e. The summed E-state index contributed by atoms with van der Waals surface area (Å²) in [7, 11) is 0. The van der Waals surface area contributed by atoms with Gasteiger partial charge in [0.25, 0.3) is 0 Å². The number of rotatable bonds is 6. The third-order valence-corrected chi connectivity index (χ3v) is 3.34. The summed E-state index contributed by atoms with van der Waals surface area (Å²) >= 11 is 7.66. The monoisotopic (exact) mass is 273 g/mol. The number of halogens is 1. The molecule has 3 nitrogen and oxygen atoms in total. The number of carbonyl (C=O) groups is 1. The second-order valence-corrected chi connectivity index (χ2v) is 5.19. The van der Waals surface area contributed by atoms with Gasteiger partial charge in [-0.25, -0.2) is 4.79 Å². The average molecular weight is 274 g/mol. The van der Waals surface area contributed by atoms with Gasteiger partial charge in [0, 0.05) is 6.04 Å². The Hall–Kier alpha value is -0.870. The fraction of sp³-hybridized carbons (Fsp3) is 0.417. The van der Waals surface area contributed by atoms with E-state index in [0.29, 0.717) is 5.69 Å². The second-order valence-electron chi connectivity index (χ2n) is 3.79. The maximum absolute atomic E-state index is 11.1. The van der Waals surface area contributed by atoms with Gasteiger partial charge < -0.3 is 10.4 Å². The maximum atomic E-state index is 11.1. The quantitative estimate of drug-likeness (QED) is 0.832. The SMILES string of the molecule is CSCCC(C)Nc1cccc(Cl)c1C(=O)O. The van der Waals surface area contributed by atoms with Crippen LogP contribution in [-0.2, 0) is 0 Å². The normalized spacial score (nSPS) is 12.2. The Balaban J connectivity index is 2.83. The van der Waals surface area contributed by atoms with Crippen molar-refractivity contribution in [2.24, 2.45) is 0 Å². The third kappa shape index (κ3) is 4.13. The molecule has 1 atom stereocenters. The first-order valence-corrected chi connectivity index (χ1v) is 7.10.